The molecule has 3 heteroatoms. The third-order valence-electron chi connectivity index (χ3n) is 3.49. The highest BCUT2D eigenvalue weighted by Gasteiger charge is 2.11. The van der Waals surface area contributed by atoms with Crippen LogP contribution in [0.5, 0.6) is 0 Å². The van der Waals surface area contributed by atoms with Crippen molar-refractivity contribution in [3.8, 4) is 0 Å². The second kappa shape index (κ2) is 5.36. The largest absolute Gasteiger partial charge is 0.313 e. The quantitative estimate of drug-likeness (QED) is 0.895. The number of aryl methyl sites for hydroxylation is 1. The summed E-state index contributed by atoms with van der Waals surface area (Å²) in [6.07, 6.45) is 1.96. The van der Waals surface area contributed by atoms with Gasteiger partial charge in [0.1, 0.15) is 0 Å². The van der Waals surface area contributed by atoms with Crippen LogP contribution in [0.15, 0.2) is 30.5 Å². The van der Waals surface area contributed by atoms with E-state index in [1.807, 2.05) is 13.2 Å². The van der Waals surface area contributed by atoms with Gasteiger partial charge in [0.25, 0.3) is 0 Å². The van der Waals surface area contributed by atoms with Crippen molar-refractivity contribution in [1.29, 1.82) is 0 Å². The molecule has 0 bridgehead atoms. The summed E-state index contributed by atoms with van der Waals surface area (Å²) in [4.78, 5) is 0. The summed E-state index contributed by atoms with van der Waals surface area (Å²) < 4.78 is 2.06. The van der Waals surface area contributed by atoms with Crippen molar-refractivity contribution < 1.29 is 0 Å². The zero-order valence-corrected chi connectivity index (χ0v) is 11.6. The molecule has 0 amide bonds. The molecule has 0 spiro atoms. The van der Waals surface area contributed by atoms with Crippen LogP contribution in [0.3, 0.4) is 0 Å². The molecular weight excluding hydrogens is 222 g/mol. The topological polar surface area (TPSA) is 29.9 Å². The number of hydrogen-bond acceptors (Lipinski definition) is 2. The van der Waals surface area contributed by atoms with Gasteiger partial charge in [-0.1, -0.05) is 29.8 Å². The molecule has 0 saturated heterocycles. The van der Waals surface area contributed by atoms with Gasteiger partial charge in [-0.3, -0.25) is 4.68 Å². The zero-order valence-electron chi connectivity index (χ0n) is 11.6. The molecule has 1 aromatic heterocycles. The van der Waals surface area contributed by atoms with E-state index < -0.39 is 0 Å². The summed E-state index contributed by atoms with van der Waals surface area (Å²) in [6.45, 7) is 7.22. The van der Waals surface area contributed by atoms with Gasteiger partial charge in [0.15, 0.2) is 0 Å². The molecule has 0 aliphatic heterocycles. The minimum atomic E-state index is 0.344. The Kier molecular flexibility index (Phi) is 3.82. The van der Waals surface area contributed by atoms with Crippen molar-refractivity contribution in [2.75, 3.05) is 7.05 Å². The van der Waals surface area contributed by atoms with Crippen molar-refractivity contribution in [3.05, 3.63) is 52.8 Å². The smallest absolute Gasteiger partial charge is 0.0662 e. The predicted molar refractivity (Wildman–Crippen MR) is 74.7 cm³/mol. The molecule has 2 aromatic rings. The summed E-state index contributed by atoms with van der Waals surface area (Å²) in [6, 6.07) is 8.96. The Morgan fingerprint density at radius 3 is 2.50 bits per heavy atom. The second-order valence-electron chi connectivity index (χ2n) is 4.84. The Bertz CT molecular complexity index is 511. The van der Waals surface area contributed by atoms with Crippen LogP contribution in [0.4, 0.5) is 0 Å². The summed E-state index contributed by atoms with van der Waals surface area (Å²) in [5, 5.41) is 7.73. The number of benzene rings is 1. The number of aromatic nitrogens is 2. The van der Waals surface area contributed by atoms with Crippen LogP contribution in [-0.2, 0) is 6.54 Å². The Hall–Kier alpha value is -1.61. The van der Waals surface area contributed by atoms with Gasteiger partial charge in [-0.05, 0) is 33.4 Å². The first-order valence-electron chi connectivity index (χ1n) is 6.37. The Morgan fingerprint density at radius 1 is 1.22 bits per heavy atom. The Morgan fingerprint density at radius 2 is 1.89 bits per heavy atom. The molecule has 1 heterocycles. The molecule has 0 radical (unpaired) electrons. The maximum absolute atomic E-state index is 4.48. The molecule has 0 aliphatic rings. The number of hydrogen-bond donors (Lipinski definition) is 1. The first-order chi connectivity index (χ1) is 8.61. The molecule has 2 rings (SSSR count). The summed E-state index contributed by atoms with van der Waals surface area (Å²) in [5.74, 6) is 0. The van der Waals surface area contributed by atoms with Crippen LogP contribution in [-0.4, -0.2) is 16.8 Å². The monoisotopic (exact) mass is 243 g/mol. The van der Waals surface area contributed by atoms with Gasteiger partial charge in [-0.15, -0.1) is 0 Å². The normalized spacial score (nSPS) is 12.7. The van der Waals surface area contributed by atoms with Crippen LogP contribution >= 0.6 is 0 Å². The minimum absolute atomic E-state index is 0.344. The van der Waals surface area contributed by atoms with E-state index in [0.29, 0.717) is 6.04 Å². The minimum Gasteiger partial charge on any atom is -0.313 e. The highest BCUT2D eigenvalue weighted by Crippen LogP contribution is 2.17. The molecule has 3 nitrogen and oxygen atoms in total. The molecule has 18 heavy (non-hydrogen) atoms. The van der Waals surface area contributed by atoms with Crippen molar-refractivity contribution in [2.24, 2.45) is 0 Å². The first kappa shape index (κ1) is 12.8. The fourth-order valence-electron chi connectivity index (χ4n) is 2.07. The van der Waals surface area contributed by atoms with Crippen molar-refractivity contribution in [3.63, 3.8) is 0 Å². The van der Waals surface area contributed by atoms with Crippen LogP contribution in [0.1, 0.15) is 35.3 Å². The third kappa shape index (κ3) is 2.62. The molecule has 1 N–H and O–H groups in total. The fourth-order valence-corrected chi connectivity index (χ4v) is 2.07. The van der Waals surface area contributed by atoms with Crippen LogP contribution in [0.25, 0.3) is 0 Å². The highest BCUT2D eigenvalue weighted by atomic mass is 15.3. The Balaban J connectivity index is 2.20. The van der Waals surface area contributed by atoms with Crippen LogP contribution in [0.2, 0.25) is 0 Å². The van der Waals surface area contributed by atoms with Gasteiger partial charge >= 0.3 is 0 Å². The fraction of sp³-hybridized carbons (Fsp3) is 0.400. The average Bonchev–Trinajstić information content (AvgIpc) is 2.73. The molecule has 96 valence electrons. The van der Waals surface area contributed by atoms with Crippen molar-refractivity contribution in [2.45, 2.75) is 33.4 Å². The maximum atomic E-state index is 4.48. The first-order valence-corrected chi connectivity index (χ1v) is 6.37. The van der Waals surface area contributed by atoms with E-state index in [2.05, 4.69) is 60.1 Å². The van der Waals surface area contributed by atoms with Gasteiger partial charge in [0, 0.05) is 17.3 Å². The number of rotatable bonds is 4. The summed E-state index contributed by atoms with van der Waals surface area (Å²) in [7, 11) is 1.97. The molecule has 1 unspecified atom stereocenters. The molecule has 0 aliphatic carbocycles. The standard InChI is InChI=1S/C15H21N3/c1-11-5-7-14(8-6-11)10-18-13(3)15(9-17-18)12(2)16-4/h5-9,12,16H,10H2,1-4H3. The Labute approximate surface area is 109 Å². The van der Waals surface area contributed by atoms with E-state index >= 15 is 0 Å². The van der Waals surface area contributed by atoms with E-state index in [9.17, 15) is 0 Å². The number of nitrogens with zero attached hydrogens (tertiary/aromatic N) is 2. The van der Waals surface area contributed by atoms with Gasteiger partial charge in [0.05, 0.1) is 12.7 Å². The summed E-state index contributed by atoms with van der Waals surface area (Å²) >= 11 is 0. The van der Waals surface area contributed by atoms with Gasteiger partial charge in [0.2, 0.25) is 0 Å². The van der Waals surface area contributed by atoms with E-state index in [4.69, 9.17) is 0 Å². The van der Waals surface area contributed by atoms with Gasteiger partial charge in [-0.2, -0.15) is 5.10 Å². The van der Waals surface area contributed by atoms with E-state index in [0.717, 1.165) is 6.54 Å². The lowest BCUT2D eigenvalue weighted by Gasteiger charge is -2.10. The van der Waals surface area contributed by atoms with Crippen molar-refractivity contribution >= 4 is 0 Å². The molecular formula is C15H21N3. The SMILES string of the molecule is CNC(C)c1cnn(Cc2ccc(C)cc2)c1C. The maximum Gasteiger partial charge on any atom is 0.0662 e. The number of nitrogens with one attached hydrogen (secondary N) is 1. The third-order valence-corrected chi connectivity index (χ3v) is 3.49. The zero-order chi connectivity index (χ0) is 13.1. The van der Waals surface area contributed by atoms with Crippen LogP contribution in [0, 0.1) is 13.8 Å². The highest BCUT2D eigenvalue weighted by molar-refractivity contribution is 5.24. The van der Waals surface area contributed by atoms with E-state index in [1.165, 1.54) is 22.4 Å². The molecule has 0 saturated carbocycles. The van der Waals surface area contributed by atoms with Crippen molar-refractivity contribution in [1.82, 2.24) is 15.1 Å². The predicted octanol–water partition coefficient (Wildman–Crippen LogP) is 2.83. The lowest BCUT2D eigenvalue weighted by Crippen LogP contribution is -2.13. The lowest BCUT2D eigenvalue weighted by atomic mass is 10.1. The lowest BCUT2D eigenvalue weighted by molar-refractivity contribution is 0.632. The van der Waals surface area contributed by atoms with E-state index in [-0.39, 0.29) is 0 Å². The van der Waals surface area contributed by atoms with Gasteiger partial charge in [-0.25, -0.2) is 0 Å². The van der Waals surface area contributed by atoms with E-state index in [1.54, 1.807) is 0 Å². The second-order valence-corrected chi connectivity index (χ2v) is 4.84. The van der Waals surface area contributed by atoms with Gasteiger partial charge < -0.3 is 5.32 Å². The average molecular weight is 243 g/mol. The molecule has 1 aromatic carbocycles. The molecule has 0 fully saturated rings. The molecule has 1 atom stereocenters. The summed E-state index contributed by atoms with van der Waals surface area (Å²) in [5.41, 5.74) is 5.08. The van der Waals surface area contributed by atoms with Crippen LogP contribution < -0.4 is 5.32 Å².